The van der Waals surface area contributed by atoms with E-state index in [4.69, 9.17) is 4.42 Å². The zero-order valence-electron chi connectivity index (χ0n) is 15.5. The van der Waals surface area contributed by atoms with Crippen molar-refractivity contribution in [3.05, 3.63) is 48.4 Å². The van der Waals surface area contributed by atoms with Crippen molar-refractivity contribution in [1.29, 1.82) is 0 Å². The quantitative estimate of drug-likeness (QED) is 0.794. The second-order valence-corrected chi connectivity index (χ2v) is 7.77. The number of hydrogen-bond acceptors (Lipinski definition) is 6. The lowest BCUT2D eigenvalue weighted by Crippen LogP contribution is -2.43. The molecule has 142 valence electrons. The van der Waals surface area contributed by atoms with Crippen LogP contribution in [-0.2, 0) is 0 Å². The molecule has 0 N–H and O–H groups in total. The van der Waals surface area contributed by atoms with Gasteiger partial charge < -0.3 is 19.1 Å². The van der Waals surface area contributed by atoms with Crippen LogP contribution in [0.1, 0.15) is 20.8 Å². The number of nitrogens with zero attached hydrogens (tertiary/aromatic N) is 5. The summed E-state index contributed by atoms with van der Waals surface area (Å²) in [7, 11) is 4.05. The lowest BCUT2D eigenvalue weighted by molar-refractivity contribution is 0.0697. The van der Waals surface area contributed by atoms with Crippen LogP contribution in [0, 0.1) is 11.3 Å². The molecule has 2 aliphatic heterocycles. The molecule has 4 rings (SSSR count). The summed E-state index contributed by atoms with van der Waals surface area (Å²) in [6, 6.07) is 1.69. The van der Waals surface area contributed by atoms with Gasteiger partial charge in [0.15, 0.2) is 0 Å². The molecule has 2 atom stereocenters. The summed E-state index contributed by atoms with van der Waals surface area (Å²) in [5.74, 6) is 0.128. The Kier molecular flexibility index (Phi) is 4.43. The van der Waals surface area contributed by atoms with E-state index in [0.29, 0.717) is 37.4 Å². The van der Waals surface area contributed by atoms with E-state index in [2.05, 4.69) is 14.9 Å². The molecule has 8 nitrogen and oxygen atoms in total. The summed E-state index contributed by atoms with van der Waals surface area (Å²) in [5.41, 5.74) is 0.798. The van der Waals surface area contributed by atoms with Gasteiger partial charge in [-0.2, -0.15) is 0 Å². The molecule has 2 unspecified atom stereocenters. The smallest absolute Gasteiger partial charge is 0.274 e. The number of rotatable bonds is 4. The van der Waals surface area contributed by atoms with Crippen molar-refractivity contribution >= 4 is 11.8 Å². The number of furan rings is 1. The van der Waals surface area contributed by atoms with Gasteiger partial charge >= 0.3 is 0 Å². The highest BCUT2D eigenvalue weighted by Crippen LogP contribution is 2.43. The van der Waals surface area contributed by atoms with Gasteiger partial charge in [0.2, 0.25) is 0 Å². The van der Waals surface area contributed by atoms with Crippen LogP contribution in [-0.4, -0.2) is 83.3 Å². The minimum absolute atomic E-state index is 0.0110. The average molecular weight is 369 g/mol. The van der Waals surface area contributed by atoms with Gasteiger partial charge in [0.1, 0.15) is 12.0 Å². The molecule has 2 saturated heterocycles. The fourth-order valence-corrected chi connectivity index (χ4v) is 4.48. The van der Waals surface area contributed by atoms with Crippen molar-refractivity contribution in [3.63, 3.8) is 0 Å². The molecule has 2 aromatic rings. The number of fused-ring (bicyclic) bond motifs is 1. The van der Waals surface area contributed by atoms with E-state index in [1.165, 1.54) is 24.9 Å². The summed E-state index contributed by atoms with van der Waals surface area (Å²) >= 11 is 0. The van der Waals surface area contributed by atoms with Gasteiger partial charge in [-0.3, -0.25) is 14.6 Å². The zero-order chi connectivity index (χ0) is 19.0. The Bertz CT molecular complexity index is 823. The second-order valence-electron chi connectivity index (χ2n) is 7.77. The predicted octanol–water partition coefficient (Wildman–Crippen LogP) is 0.846. The van der Waals surface area contributed by atoms with Crippen molar-refractivity contribution in [2.75, 3.05) is 46.8 Å². The van der Waals surface area contributed by atoms with Crippen molar-refractivity contribution in [2.45, 2.75) is 0 Å². The number of carbonyl (C=O) groups is 2. The molecule has 27 heavy (non-hydrogen) atoms. The highest BCUT2D eigenvalue weighted by Gasteiger charge is 2.54. The molecule has 0 aliphatic carbocycles. The third-order valence-corrected chi connectivity index (χ3v) is 5.52. The van der Waals surface area contributed by atoms with Gasteiger partial charge in [-0.1, -0.05) is 0 Å². The van der Waals surface area contributed by atoms with Crippen LogP contribution in [0.3, 0.4) is 0 Å². The third-order valence-electron chi connectivity index (χ3n) is 5.52. The van der Waals surface area contributed by atoms with Gasteiger partial charge in [-0.15, -0.1) is 0 Å². The number of amides is 2. The van der Waals surface area contributed by atoms with Crippen LogP contribution in [0.5, 0.6) is 0 Å². The molecule has 2 aliphatic rings. The normalized spacial score (nSPS) is 24.5. The fourth-order valence-electron chi connectivity index (χ4n) is 4.48. The number of likely N-dealkylation sites (tertiary alicyclic amines) is 2. The van der Waals surface area contributed by atoms with Gasteiger partial charge in [0.25, 0.3) is 11.8 Å². The lowest BCUT2D eigenvalue weighted by Gasteiger charge is -2.32. The first-order chi connectivity index (χ1) is 13.0. The van der Waals surface area contributed by atoms with E-state index in [9.17, 15) is 9.59 Å². The Morgan fingerprint density at radius 1 is 1.22 bits per heavy atom. The Hall–Kier alpha value is -2.74. The summed E-state index contributed by atoms with van der Waals surface area (Å²) in [4.78, 5) is 39.6. The Balaban J connectivity index is 1.54. The summed E-state index contributed by atoms with van der Waals surface area (Å²) in [6.07, 6.45) is 7.59. The Morgan fingerprint density at radius 3 is 2.56 bits per heavy atom. The van der Waals surface area contributed by atoms with E-state index < -0.39 is 0 Å². The van der Waals surface area contributed by atoms with Crippen LogP contribution in [0.4, 0.5) is 0 Å². The highest BCUT2D eigenvalue weighted by molar-refractivity contribution is 5.94. The monoisotopic (exact) mass is 369 g/mol. The number of aromatic nitrogens is 2. The van der Waals surface area contributed by atoms with E-state index in [1.807, 2.05) is 23.9 Å². The first kappa shape index (κ1) is 17.7. The topological polar surface area (TPSA) is 82.8 Å². The molecule has 4 heterocycles. The van der Waals surface area contributed by atoms with Gasteiger partial charge in [-0.05, 0) is 20.2 Å². The maximum absolute atomic E-state index is 12.8. The minimum atomic E-state index is -0.138. The maximum atomic E-state index is 12.8. The first-order valence-electron chi connectivity index (χ1n) is 9.00. The van der Waals surface area contributed by atoms with Crippen LogP contribution in [0.15, 0.2) is 41.6 Å². The van der Waals surface area contributed by atoms with Gasteiger partial charge in [-0.25, -0.2) is 4.98 Å². The largest absolute Gasteiger partial charge is 0.472 e. The summed E-state index contributed by atoms with van der Waals surface area (Å²) in [5, 5.41) is 0. The van der Waals surface area contributed by atoms with Gasteiger partial charge in [0.05, 0.1) is 18.0 Å². The highest BCUT2D eigenvalue weighted by atomic mass is 16.3. The van der Waals surface area contributed by atoms with E-state index in [0.717, 1.165) is 6.54 Å². The summed E-state index contributed by atoms with van der Waals surface area (Å²) in [6.45, 7) is 3.32. The van der Waals surface area contributed by atoms with Crippen molar-refractivity contribution < 1.29 is 14.0 Å². The van der Waals surface area contributed by atoms with Crippen molar-refractivity contribution in [1.82, 2.24) is 24.7 Å². The average Bonchev–Trinajstić information content (AvgIpc) is 3.35. The Morgan fingerprint density at radius 2 is 1.96 bits per heavy atom. The summed E-state index contributed by atoms with van der Waals surface area (Å²) < 4.78 is 5.05. The Labute approximate surface area is 157 Å². The van der Waals surface area contributed by atoms with Crippen molar-refractivity contribution in [2.24, 2.45) is 11.3 Å². The van der Waals surface area contributed by atoms with E-state index >= 15 is 0 Å². The molecule has 2 amide bonds. The maximum Gasteiger partial charge on any atom is 0.274 e. The lowest BCUT2D eigenvalue weighted by atomic mass is 9.80. The molecule has 0 radical (unpaired) electrons. The minimum Gasteiger partial charge on any atom is -0.472 e. The molecule has 2 fully saturated rings. The van der Waals surface area contributed by atoms with Gasteiger partial charge in [0, 0.05) is 56.5 Å². The number of hydrogen-bond donors (Lipinski definition) is 0. The zero-order valence-corrected chi connectivity index (χ0v) is 15.5. The molecule has 0 aromatic carbocycles. The van der Waals surface area contributed by atoms with Crippen LogP contribution in [0.2, 0.25) is 0 Å². The van der Waals surface area contributed by atoms with E-state index in [1.54, 1.807) is 12.3 Å². The van der Waals surface area contributed by atoms with Crippen molar-refractivity contribution in [3.8, 4) is 0 Å². The van der Waals surface area contributed by atoms with Crippen LogP contribution in [0.25, 0.3) is 0 Å². The van der Waals surface area contributed by atoms with E-state index in [-0.39, 0.29) is 23.1 Å². The SMILES string of the molecule is CN(C)CC12CN(C(=O)c3ccoc3)CC1CN(C(=O)c1cnccn1)C2. The molecule has 0 bridgehead atoms. The second kappa shape index (κ2) is 6.77. The molecular weight excluding hydrogens is 346 g/mol. The fraction of sp³-hybridized carbons (Fsp3) is 0.474. The molecule has 0 saturated carbocycles. The first-order valence-corrected chi connectivity index (χ1v) is 9.00. The third kappa shape index (κ3) is 3.21. The van der Waals surface area contributed by atoms with Crippen LogP contribution < -0.4 is 0 Å². The number of carbonyl (C=O) groups excluding carboxylic acids is 2. The van der Waals surface area contributed by atoms with Crippen LogP contribution >= 0.6 is 0 Å². The molecule has 2 aromatic heterocycles. The predicted molar refractivity (Wildman–Crippen MR) is 97.0 cm³/mol. The molecule has 0 spiro atoms. The molecule has 8 heteroatoms. The standard InChI is InChI=1S/C19H23N5O3/c1-22(2)11-19-12-23(17(25)14-3-6-27-10-14)8-15(19)9-24(13-19)18(26)16-7-20-4-5-21-16/h3-7,10,15H,8-9,11-13H2,1-2H3. The molecular formula is C19H23N5O3.